The highest BCUT2D eigenvalue weighted by Crippen LogP contribution is 2.46. The third kappa shape index (κ3) is 7.57. The van der Waals surface area contributed by atoms with Gasteiger partial charge in [0.25, 0.3) is 6.71 Å². The molecule has 8 aromatic carbocycles. The topological polar surface area (TPSA) is 6.48 Å². The molecule has 0 atom stereocenters. The first kappa shape index (κ1) is 43.3. The summed E-state index contributed by atoms with van der Waals surface area (Å²) in [4.78, 5) is 5.08. The summed E-state index contributed by atoms with van der Waals surface area (Å²) >= 11 is 0. The Morgan fingerprint density at radius 3 is 1.21 bits per heavy atom. The maximum absolute atomic E-state index is 2.54. The summed E-state index contributed by atoms with van der Waals surface area (Å²) in [5.41, 5.74) is 26.8. The second-order valence-electron chi connectivity index (χ2n) is 22.1. The standard InChI is InChI=1S/C63H63BN2/c1-40-35-58-60-59(36-40)66(51-30-21-45(22-31-51)46-23-32-53(42(3)37-46)52-16-14-13-15-41(52)2)57-34-27-49(63(10,11)12)39-55(57)64(60)54-38-48(62(7,8)9)26-33-56(54)65(58)50-28-19-44(20-29-50)43-17-24-47(25-18-43)61(4,5)6/h13-39H,1-12H3. The Hall–Kier alpha value is -6.58. The molecule has 0 aromatic heterocycles. The molecule has 0 unspecified atom stereocenters. The van der Waals surface area contributed by atoms with Crippen molar-refractivity contribution in [3.63, 3.8) is 0 Å². The molecular weight excluding hydrogens is 796 g/mol. The van der Waals surface area contributed by atoms with Crippen LogP contribution in [0.1, 0.15) is 95.7 Å². The molecule has 0 bridgehead atoms. The number of fused-ring (bicyclic) bond motifs is 4. The first-order valence-corrected chi connectivity index (χ1v) is 23.9. The van der Waals surface area contributed by atoms with E-state index in [1.807, 2.05) is 0 Å². The lowest BCUT2D eigenvalue weighted by atomic mass is 9.33. The Balaban J connectivity index is 1.14. The quantitative estimate of drug-likeness (QED) is 0.159. The second kappa shape index (κ2) is 15.8. The third-order valence-electron chi connectivity index (χ3n) is 14.3. The minimum Gasteiger partial charge on any atom is -0.311 e. The molecule has 10 rings (SSSR count). The fourth-order valence-electron chi connectivity index (χ4n) is 10.4. The van der Waals surface area contributed by atoms with Crippen LogP contribution in [0.25, 0.3) is 33.4 Å². The van der Waals surface area contributed by atoms with Crippen molar-refractivity contribution in [3.05, 3.63) is 197 Å². The molecule has 8 aromatic rings. The van der Waals surface area contributed by atoms with Gasteiger partial charge in [0.05, 0.1) is 0 Å². The van der Waals surface area contributed by atoms with Crippen molar-refractivity contribution in [1.82, 2.24) is 0 Å². The molecule has 0 amide bonds. The summed E-state index contributed by atoms with van der Waals surface area (Å²) in [6.45, 7) is 27.6. The highest BCUT2D eigenvalue weighted by molar-refractivity contribution is 7.00. The Kier molecular flexibility index (Phi) is 10.4. The van der Waals surface area contributed by atoms with Crippen LogP contribution in [0.5, 0.6) is 0 Å². The van der Waals surface area contributed by atoms with Crippen molar-refractivity contribution in [2.24, 2.45) is 0 Å². The number of aryl methyl sites for hydroxylation is 3. The number of hydrogen-bond donors (Lipinski definition) is 0. The fraction of sp³-hybridized carbons (Fsp3) is 0.238. The monoisotopic (exact) mass is 859 g/mol. The van der Waals surface area contributed by atoms with Crippen LogP contribution in [0.15, 0.2) is 164 Å². The number of nitrogens with zero attached hydrogens (tertiary/aromatic N) is 2. The summed E-state index contributed by atoms with van der Waals surface area (Å²) in [5, 5.41) is 0. The van der Waals surface area contributed by atoms with Gasteiger partial charge in [0.2, 0.25) is 0 Å². The summed E-state index contributed by atoms with van der Waals surface area (Å²) in [5.74, 6) is 0. The van der Waals surface area contributed by atoms with Crippen LogP contribution in [-0.2, 0) is 16.2 Å². The fourth-order valence-corrected chi connectivity index (χ4v) is 10.4. The number of benzene rings is 8. The van der Waals surface area contributed by atoms with E-state index in [9.17, 15) is 0 Å². The van der Waals surface area contributed by atoms with Gasteiger partial charge in [0, 0.05) is 34.1 Å². The minimum absolute atomic E-state index is 0.0156. The van der Waals surface area contributed by atoms with Gasteiger partial charge in [0.1, 0.15) is 0 Å². The second-order valence-corrected chi connectivity index (χ2v) is 22.1. The van der Waals surface area contributed by atoms with E-state index < -0.39 is 0 Å². The van der Waals surface area contributed by atoms with Gasteiger partial charge in [-0.2, -0.15) is 0 Å². The molecule has 328 valence electrons. The molecule has 2 nitrogen and oxygen atoms in total. The van der Waals surface area contributed by atoms with E-state index in [-0.39, 0.29) is 23.0 Å². The predicted octanol–water partition coefficient (Wildman–Crippen LogP) is 15.6. The first-order valence-electron chi connectivity index (χ1n) is 23.9. The highest BCUT2D eigenvalue weighted by Gasteiger charge is 2.44. The van der Waals surface area contributed by atoms with E-state index in [2.05, 4.69) is 257 Å². The Labute approximate surface area is 395 Å². The molecule has 2 aliphatic rings. The zero-order valence-corrected chi connectivity index (χ0v) is 41.1. The van der Waals surface area contributed by atoms with E-state index >= 15 is 0 Å². The van der Waals surface area contributed by atoms with Crippen LogP contribution in [0.2, 0.25) is 0 Å². The lowest BCUT2D eigenvalue weighted by molar-refractivity contribution is 0.590. The van der Waals surface area contributed by atoms with Crippen LogP contribution in [0.3, 0.4) is 0 Å². The molecule has 0 spiro atoms. The van der Waals surface area contributed by atoms with Gasteiger partial charge in [-0.25, -0.2) is 0 Å². The van der Waals surface area contributed by atoms with Gasteiger partial charge in [-0.3, -0.25) is 0 Å². The molecule has 0 N–H and O–H groups in total. The van der Waals surface area contributed by atoms with Gasteiger partial charge in [0.15, 0.2) is 0 Å². The number of anilines is 6. The first-order chi connectivity index (χ1) is 31.3. The predicted molar refractivity (Wildman–Crippen MR) is 287 cm³/mol. The molecule has 2 heterocycles. The molecule has 2 aliphatic heterocycles. The average Bonchev–Trinajstić information content (AvgIpc) is 3.28. The van der Waals surface area contributed by atoms with E-state index in [0.717, 1.165) is 11.4 Å². The largest absolute Gasteiger partial charge is 0.311 e. The van der Waals surface area contributed by atoms with E-state index in [1.54, 1.807) is 0 Å². The minimum atomic E-state index is -0.0175. The SMILES string of the molecule is Cc1cc2c3c(c1)N(c1ccc(-c4ccc(-c5ccccc5C)c(C)c4)cc1)c1ccc(C(C)(C)C)cc1B3c1cc(C(C)(C)C)ccc1N2c1ccc(-c2ccc(C(C)(C)C)cc2)cc1. The van der Waals surface area contributed by atoms with Crippen LogP contribution in [0, 0.1) is 20.8 Å². The van der Waals surface area contributed by atoms with Crippen molar-refractivity contribution in [2.45, 2.75) is 99.3 Å². The zero-order chi connectivity index (χ0) is 46.4. The van der Waals surface area contributed by atoms with Crippen molar-refractivity contribution >= 4 is 57.2 Å². The van der Waals surface area contributed by atoms with Gasteiger partial charge in [-0.15, -0.1) is 0 Å². The van der Waals surface area contributed by atoms with Crippen LogP contribution < -0.4 is 26.2 Å². The van der Waals surface area contributed by atoms with Crippen molar-refractivity contribution in [1.29, 1.82) is 0 Å². The lowest BCUT2D eigenvalue weighted by Crippen LogP contribution is -2.61. The molecule has 0 saturated carbocycles. The number of rotatable bonds is 5. The van der Waals surface area contributed by atoms with E-state index in [0.29, 0.717) is 0 Å². The smallest absolute Gasteiger partial charge is 0.252 e. The van der Waals surface area contributed by atoms with Crippen molar-refractivity contribution in [2.75, 3.05) is 9.80 Å². The van der Waals surface area contributed by atoms with Crippen molar-refractivity contribution in [3.8, 4) is 33.4 Å². The number of hydrogen-bond acceptors (Lipinski definition) is 2. The van der Waals surface area contributed by atoms with Crippen LogP contribution >= 0.6 is 0 Å². The molecule has 0 radical (unpaired) electrons. The Morgan fingerprint density at radius 1 is 0.348 bits per heavy atom. The lowest BCUT2D eigenvalue weighted by Gasteiger charge is -2.45. The molecule has 0 fully saturated rings. The molecule has 0 aliphatic carbocycles. The highest BCUT2D eigenvalue weighted by atomic mass is 15.2. The summed E-state index contributed by atoms with van der Waals surface area (Å²) in [6.07, 6.45) is 0. The molecule has 0 saturated heterocycles. The molecule has 66 heavy (non-hydrogen) atoms. The van der Waals surface area contributed by atoms with E-state index in [1.165, 1.54) is 106 Å². The van der Waals surface area contributed by atoms with Crippen LogP contribution in [0.4, 0.5) is 34.1 Å². The maximum atomic E-state index is 2.54. The molecular formula is C63H63BN2. The van der Waals surface area contributed by atoms with Crippen LogP contribution in [-0.4, -0.2) is 6.71 Å². The Bertz CT molecular complexity index is 3150. The summed E-state index contributed by atoms with van der Waals surface area (Å²) in [7, 11) is 0. The van der Waals surface area contributed by atoms with Crippen molar-refractivity contribution < 1.29 is 0 Å². The normalized spacial score (nSPS) is 13.4. The third-order valence-corrected chi connectivity index (χ3v) is 14.3. The van der Waals surface area contributed by atoms with E-state index in [4.69, 9.17) is 0 Å². The maximum Gasteiger partial charge on any atom is 0.252 e. The van der Waals surface area contributed by atoms with Gasteiger partial charge < -0.3 is 9.80 Å². The van der Waals surface area contributed by atoms with Gasteiger partial charge >= 0.3 is 0 Å². The van der Waals surface area contributed by atoms with Gasteiger partial charge in [-0.1, -0.05) is 178 Å². The zero-order valence-electron chi connectivity index (χ0n) is 41.1. The molecule has 3 heteroatoms. The average molecular weight is 859 g/mol. The van der Waals surface area contributed by atoms with Gasteiger partial charge in [-0.05, 0) is 169 Å². The Morgan fingerprint density at radius 2 is 0.758 bits per heavy atom. The summed E-state index contributed by atoms with van der Waals surface area (Å²) in [6, 6.07) is 62.6. The summed E-state index contributed by atoms with van der Waals surface area (Å²) < 4.78 is 0.